The Morgan fingerprint density at radius 2 is 1.95 bits per heavy atom. The average molecular weight is 384 g/mol. The highest BCUT2D eigenvalue weighted by molar-refractivity contribution is 9.10. The smallest absolute Gasteiger partial charge is 0.146 e. The van der Waals surface area contributed by atoms with Crippen LogP contribution >= 0.6 is 15.9 Å². The maximum absolute atomic E-state index is 14.3. The summed E-state index contributed by atoms with van der Waals surface area (Å²) in [7, 11) is -1.63. The van der Waals surface area contributed by atoms with E-state index >= 15 is 0 Å². The summed E-state index contributed by atoms with van der Waals surface area (Å²) in [6, 6.07) is 4.11. The van der Waals surface area contributed by atoms with Crippen LogP contribution in [-0.4, -0.2) is 26.8 Å². The molecule has 3 unspecified atom stereocenters. The van der Waals surface area contributed by atoms with Crippen LogP contribution in [0.3, 0.4) is 0 Å². The van der Waals surface area contributed by atoms with Gasteiger partial charge in [-0.2, -0.15) is 0 Å². The number of hydrogen-bond acceptors (Lipinski definition) is 2. The van der Waals surface area contributed by atoms with Crippen molar-refractivity contribution in [3.63, 3.8) is 0 Å². The molecule has 0 fully saturated rings. The van der Waals surface area contributed by atoms with Crippen molar-refractivity contribution in [3.05, 3.63) is 34.1 Å². The van der Waals surface area contributed by atoms with Gasteiger partial charge in [-0.25, -0.2) is 17.7 Å². The number of aliphatic hydroxyl groups is 1. The van der Waals surface area contributed by atoms with Crippen LogP contribution in [0.4, 0.5) is 8.78 Å². The Hall–Kier alpha value is -0.370. The predicted molar refractivity (Wildman–Crippen MR) is 84.5 cm³/mol. The first kappa shape index (κ1) is 18.7. The summed E-state index contributed by atoms with van der Waals surface area (Å²) < 4.78 is 43.2. The highest BCUT2D eigenvalue weighted by Crippen LogP contribution is 2.32. The van der Waals surface area contributed by atoms with Gasteiger partial charge >= 0.3 is 0 Å². The van der Waals surface area contributed by atoms with Crippen molar-refractivity contribution in [2.75, 3.05) is 6.61 Å². The minimum atomic E-state index is -1.81. The first-order chi connectivity index (χ1) is 9.52. The normalized spacial score (nSPS) is 18.1. The fourth-order valence-electron chi connectivity index (χ4n) is 1.71. The lowest BCUT2D eigenvalue weighted by molar-refractivity contribution is 0.102. The van der Waals surface area contributed by atoms with E-state index in [1.807, 2.05) is 0 Å². The molecule has 0 aliphatic carbocycles. The molecular weight excluding hydrogens is 364 g/mol. The summed E-state index contributed by atoms with van der Waals surface area (Å²) in [6.45, 7) is 5.75. The van der Waals surface area contributed by atoms with E-state index in [9.17, 15) is 13.0 Å². The monoisotopic (exact) mass is 383 g/mol. The Balaban J connectivity index is 3.34. The van der Waals surface area contributed by atoms with Crippen LogP contribution in [0.1, 0.15) is 33.3 Å². The van der Waals surface area contributed by atoms with Crippen LogP contribution in [0.15, 0.2) is 22.7 Å². The number of hydrogen-bond donors (Lipinski definition) is 2. The molecule has 0 spiro atoms. The fraction of sp³-hybridized carbons (Fsp3) is 0.571. The van der Waals surface area contributed by atoms with Gasteiger partial charge < -0.3 is 5.11 Å². The van der Waals surface area contributed by atoms with Gasteiger partial charge in [-0.1, -0.05) is 15.9 Å². The first-order valence-corrected chi connectivity index (χ1v) is 8.37. The SMILES string of the molecule is CC(NS(=O)C(C)(C)C)(c1cc(Br)ccc1F)C(F)CO. The molecule has 1 aromatic carbocycles. The Morgan fingerprint density at radius 3 is 2.43 bits per heavy atom. The zero-order chi connectivity index (χ0) is 16.4. The van der Waals surface area contributed by atoms with Crippen LogP contribution in [0, 0.1) is 5.82 Å². The summed E-state index contributed by atoms with van der Waals surface area (Å²) in [5.41, 5.74) is -1.60. The van der Waals surface area contributed by atoms with Crippen LogP contribution in [-0.2, 0) is 16.5 Å². The third-order valence-electron chi connectivity index (χ3n) is 3.14. The van der Waals surface area contributed by atoms with E-state index in [1.54, 1.807) is 20.8 Å². The molecule has 2 N–H and O–H groups in total. The molecule has 0 aliphatic rings. The van der Waals surface area contributed by atoms with Crippen molar-refractivity contribution in [2.45, 2.75) is 44.2 Å². The Morgan fingerprint density at radius 1 is 1.38 bits per heavy atom. The van der Waals surface area contributed by atoms with Gasteiger partial charge in [-0.15, -0.1) is 0 Å². The van der Waals surface area contributed by atoms with Crippen LogP contribution in [0.25, 0.3) is 0 Å². The maximum atomic E-state index is 14.3. The van der Waals surface area contributed by atoms with E-state index in [0.29, 0.717) is 4.47 Å². The van der Waals surface area contributed by atoms with Gasteiger partial charge in [0, 0.05) is 10.0 Å². The van der Waals surface area contributed by atoms with Crippen molar-refractivity contribution in [1.29, 1.82) is 0 Å². The van der Waals surface area contributed by atoms with Gasteiger partial charge in [0.25, 0.3) is 0 Å². The molecule has 0 saturated carbocycles. The zero-order valence-electron chi connectivity index (χ0n) is 12.4. The summed E-state index contributed by atoms with van der Waals surface area (Å²) in [4.78, 5) is 0. The van der Waals surface area contributed by atoms with Gasteiger partial charge in [-0.05, 0) is 45.9 Å². The summed E-state index contributed by atoms with van der Waals surface area (Å²) in [5, 5.41) is 9.16. The molecular formula is C14H20BrF2NO2S. The van der Waals surface area contributed by atoms with Crippen molar-refractivity contribution in [1.82, 2.24) is 4.72 Å². The van der Waals surface area contributed by atoms with Gasteiger partial charge in [0.1, 0.15) is 12.0 Å². The average Bonchev–Trinajstić information content (AvgIpc) is 2.39. The van der Waals surface area contributed by atoms with Crippen molar-refractivity contribution in [3.8, 4) is 0 Å². The minimum absolute atomic E-state index is 0.0102. The summed E-state index contributed by atoms with van der Waals surface area (Å²) >= 11 is 3.21. The second-order valence-corrected chi connectivity index (χ2v) is 8.84. The van der Waals surface area contributed by atoms with Crippen molar-refractivity contribution < 1.29 is 18.1 Å². The molecule has 7 heteroatoms. The highest BCUT2D eigenvalue weighted by atomic mass is 79.9. The van der Waals surface area contributed by atoms with E-state index in [4.69, 9.17) is 5.11 Å². The third kappa shape index (κ3) is 4.31. The molecule has 1 aromatic rings. The molecule has 0 heterocycles. The highest BCUT2D eigenvalue weighted by Gasteiger charge is 2.41. The van der Waals surface area contributed by atoms with Gasteiger partial charge in [0.05, 0.1) is 27.9 Å². The van der Waals surface area contributed by atoms with Crippen molar-refractivity contribution >= 4 is 26.9 Å². The van der Waals surface area contributed by atoms with E-state index in [2.05, 4.69) is 20.7 Å². The standard InChI is InChI=1S/C14H20BrF2NO2S/c1-13(2,3)21(20)18-14(4,12(17)8-19)10-7-9(15)5-6-11(10)16/h5-7,12,18-19H,8H2,1-4H3. The summed E-state index contributed by atoms with van der Waals surface area (Å²) in [6.07, 6.45) is -1.81. The van der Waals surface area contributed by atoms with Gasteiger partial charge in [0.15, 0.2) is 0 Å². The number of nitrogens with one attached hydrogen (secondary N) is 1. The number of halogens is 3. The number of benzene rings is 1. The lowest BCUT2D eigenvalue weighted by Crippen LogP contribution is -2.53. The number of alkyl halides is 1. The van der Waals surface area contributed by atoms with E-state index in [0.717, 1.165) is 0 Å². The lowest BCUT2D eigenvalue weighted by atomic mass is 9.88. The molecule has 0 bridgehead atoms. The fourth-order valence-corrected chi connectivity index (χ4v) is 3.00. The van der Waals surface area contributed by atoms with Crippen molar-refractivity contribution in [2.24, 2.45) is 0 Å². The zero-order valence-corrected chi connectivity index (χ0v) is 14.8. The molecule has 0 amide bonds. The van der Waals surface area contributed by atoms with Crippen LogP contribution < -0.4 is 4.72 Å². The molecule has 3 nitrogen and oxygen atoms in total. The molecule has 3 atom stereocenters. The van der Waals surface area contributed by atoms with E-state index < -0.39 is 39.9 Å². The predicted octanol–water partition coefficient (Wildman–Crippen LogP) is 3.19. The second kappa shape index (κ2) is 6.81. The lowest BCUT2D eigenvalue weighted by Gasteiger charge is -2.36. The van der Waals surface area contributed by atoms with Gasteiger partial charge in [0.2, 0.25) is 0 Å². The third-order valence-corrected chi connectivity index (χ3v) is 5.35. The Bertz CT molecular complexity index is 536. The minimum Gasteiger partial charge on any atom is -0.393 e. The topological polar surface area (TPSA) is 49.3 Å². The molecule has 120 valence electrons. The van der Waals surface area contributed by atoms with Gasteiger partial charge in [-0.3, -0.25) is 0 Å². The van der Waals surface area contributed by atoms with E-state index in [1.165, 1.54) is 25.1 Å². The second-order valence-electron chi connectivity index (χ2n) is 5.96. The molecule has 0 aromatic heterocycles. The Kier molecular flexibility index (Phi) is 6.06. The molecule has 21 heavy (non-hydrogen) atoms. The first-order valence-electron chi connectivity index (χ1n) is 6.42. The maximum Gasteiger partial charge on any atom is 0.146 e. The number of rotatable bonds is 5. The largest absolute Gasteiger partial charge is 0.393 e. The summed E-state index contributed by atoms with van der Waals surface area (Å²) in [5.74, 6) is -0.629. The molecule has 0 radical (unpaired) electrons. The quantitative estimate of drug-likeness (QED) is 0.819. The van der Waals surface area contributed by atoms with E-state index in [-0.39, 0.29) is 5.56 Å². The molecule has 0 saturated heterocycles. The molecule has 0 aliphatic heterocycles. The molecule has 1 rings (SSSR count). The van der Waals surface area contributed by atoms with Crippen LogP contribution in [0.5, 0.6) is 0 Å². The Labute approximate surface area is 134 Å². The van der Waals surface area contributed by atoms with Crippen LogP contribution in [0.2, 0.25) is 0 Å². The number of aliphatic hydroxyl groups excluding tert-OH is 1.